The summed E-state index contributed by atoms with van der Waals surface area (Å²) in [5.74, 6) is -0.661. The maximum Gasteiger partial charge on any atom is 0.230 e. The van der Waals surface area contributed by atoms with Crippen LogP contribution in [0.2, 0.25) is 0 Å². The maximum absolute atomic E-state index is 13.0. The molecule has 1 aromatic carbocycles. The standard InChI is InChI=1S/C21H19N3O2S/c1-14-6-8-16(9-7-14)24-19(25)12-17(20(24)18-5-3-11-27-18)21(26)23-15-4-2-10-22-13-15/h2-11,13,17,20H,12H2,1H3,(H,23,26)/t17-,20+/m1/s1. The van der Waals surface area contributed by atoms with Crippen LogP contribution in [0.1, 0.15) is 22.9 Å². The highest BCUT2D eigenvalue weighted by Gasteiger charge is 2.45. The van der Waals surface area contributed by atoms with Crippen LogP contribution >= 0.6 is 11.3 Å². The molecule has 1 N–H and O–H groups in total. The van der Waals surface area contributed by atoms with Gasteiger partial charge < -0.3 is 10.2 Å². The summed E-state index contributed by atoms with van der Waals surface area (Å²) in [6.45, 7) is 2.01. The predicted octanol–water partition coefficient (Wildman–Crippen LogP) is 4.18. The Morgan fingerprint density at radius 1 is 1.19 bits per heavy atom. The van der Waals surface area contributed by atoms with E-state index in [1.54, 1.807) is 40.8 Å². The molecule has 0 aliphatic carbocycles. The van der Waals surface area contributed by atoms with Crippen LogP contribution in [0.5, 0.6) is 0 Å². The maximum atomic E-state index is 13.0. The van der Waals surface area contributed by atoms with Gasteiger partial charge in [0.25, 0.3) is 0 Å². The number of nitrogens with zero attached hydrogens (tertiary/aromatic N) is 2. The van der Waals surface area contributed by atoms with Crippen LogP contribution in [0.3, 0.4) is 0 Å². The monoisotopic (exact) mass is 377 g/mol. The van der Waals surface area contributed by atoms with Gasteiger partial charge in [-0.3, -0.25) is 14.6 Å². The molecule has 2 atom stereocenters. The highest BCUT2D eigenvalue weighted by Crippen LogP contribution is 2.43. The first-order chi connectivity index (χ1) is 13.1. The van der Waals surface area contributed by atoms with Crippen LogP contribution in [0.4, 0.5) is 11.4 Å². The van der Waals surface area contributed by atoms with Crippen molar-refractivity contribution in [1.82, 2.24) is 4.98 Å². The molecule has 1 aliphatic heterocycles. The lowest BCUT2D eigenvalue weighted by Crippen LogP contribution is -2.32. The van der Waals surface area contributed by atoms with Crippen LogP contribution in [0.15, 0.2) is 66.3 Å². The minimum atomic E-state index is -0.461. The van der Waals surface area contributed by atoms with Gasteiger partial charge >= 0.3 is 0 Å². The number of thiophene rings is 1. The summed E-state index contributed by atoms with van der Waals surface area (Å²) in [6.07, 6.45) is 3.44. The Morgan fingerprint density at radius 2 is 2.00 bits per heavy atom. The molecule has 27 heavy (non-hydrogen) atoms. The number of amides is 2. The summed E-state index contributed by atoms with van der Waals surface area (Å²) in [6, 6.07) is 15.0. The van der Waals surface area contributed by atoms with Crippen molar-refractivity contribution in [3.63, 3.8) is 0 Å². The molecule has 2 amide bonds. The van der Waals surface area contributed by atoms with Crippen molar-refractivity contribution in [3.05, 3.63) is 76.7 Å². The van der Waals surface area contributed by atoms with E-state index >= 15 is 0 Å². The lowest BCUT2D eigenvalue weighted by Gasteiger charge is -2.27. The summed E-state index contributed by atoms with van der Waals surface area (Å²) < 4.78 is 0. The molecule has 1 fully saturated rings. The molecule has 136 valence electrons. The van der Waals surface area contributed by atoms with Crippen molar-refractivity contribution in [3.8, 4) is 0 Å². The van der Waals surface area contributed by atoms with Gasteiger partial charge in [0.2, 0.25) is 11.8 Å². The van der Waals surface area contributed by atoms with Crippen LogP contribution in [-0.2, 0) is 9.59 Å². The predicted molar refractivity (Wildman–Crippen MR) is 107 cm³/mol. The molecule has 5 nitrogen and oxygen atoms in total. The molecule has 3 heterocycles. The molecular weight excluding hydrogens is 358 g/mol. The topological polar surface area (TPSA) is 62.3 Å². The van der Waals surface area contributed by atoms with Crippen molar-refractivity contribution >= 4 is 34.5 Å². The van der Waals surface area contributed by atoms with Crippen LogP contribution in [-0.4, -0.2) is 16.8 Å². The average Bonchev–Trinajstić information content (AvgIpc) is 3.31. The molecule has 4 rings (SSSR count). The van der Waals surface area contributed by atoms with Crippen molar-refractivity contribution in [1.29, 1.82) is 0 Å². The first kappa shape index (κ1) is 17.4. The number of rotatable bonds is 4. The number of pyridine rings is 1. The number of aromatic nitrogens is 1. The zero-order chi connectivity index (χ0) is 18.8. The molecule has 0 radical (unpaired) electrons. The number of nitrogens with one attached hydrogen (secondary N) is 1. The van der Waals surface area contributed by atoms with E-state index < -0.39 is 5.92 Å². The molecular formula is C21H19N3O2S. The van der Waals surface area contributed by atoms with Gasteiger partial charge in [-0.05, 0) is 42.6 Å². The lowest BCUT2D eigenvalue weighted by molar-refractivity contribution is -0.122. The Hall–Kier alpha value is -2.99. The fourth-order valence-corrected chi connectivity index (χ4v) is 4.32. The Kier molecular flexibility index (Phi) is 4.73. The highest BCUT2D eigenvalue weighted by molar-refractivity contribution is 7.10. The quantitative estimate of drug-likeness (QED) is 0.742. The fraction of sp³-hybridized carbons (Fsp3) is 0.190. The van der Waals surface area contributed by atoms with Gasteiger partial charge in [-0.1, -0.05) is 23.8 Å². The second kappa shape index (κ2) is 7.32. The molecule has 1 saturated heterocycles. The van der Waals surface area contributed by atoms with Gasteiger partial charge in [-0.2, -0.15) is 0 Å². The van der Waals surface area contributed by atoms with Gasteiger partial charge in [0.1, 0.15) is 0 Å². The first-order valence-corrected chi connectivity index (χ1v) is 9.64. The van der Waals surface area contributed by atoms with Crippen molar-refractivity contribution in [2.24, 2.45) is 5.92 Å². The molecule has 1 aliphatic rings. The van der Waals surface area contributed by atoms with E-state index in [0.29, 0.717) is 5.69 Å². The second-order valence-electron chi connectivity index (χ2n) is 6.60. The summed E-state index contributed by atoms with van der Waals surface area (Å²) in [5.41, 5.74) is 2.58. The van der Waals surface area contributed by atoms with Gasteiger partial charge in [0, 0.05) is 23.2 Å². The molecule has 2 aromatic heterocycles. The number of hydrogen-bond acceptors (Lipinski definition) is 4. The smallest absolute Gasteiger partial charge is 0.230 e. The molecule has 0 bridgehead atoms. The van der Waals surface area contributed by atoms with Crippen LogP contribution < -0.4 is 10.2 Å². The number of benzene rings is 1. The fourth-order valence-electron chi connectivity index (χ4n) is 3.44. The van der Waals surface area contributed by atoms with Crippen LogP contribution in [0, 0.1) is 12.8 Å². The third-order valence-electron chi connectivity index (χ3n) is 4.74. The second-order valence-corrected chi connectivity index (χ2v) is 7.58. The van der Waals surface area contributed by atoms with E-state index in [0.717, 1.165) is 16.1 Å². The number of anilines is 2. The molecule has 0 unspecified atom stereocenters. The summed E-state index contributed by atoms with van der Waals surface area (Å²) in [4.78, 5) is 32.7. The van der Waals surface area contributed by atoms with E-state index in [1.807, 2.05) is 48.7 Å². The minimum absolute atomic E-state index is 0.0383. The Bertz CT molecular complexity index is 939. The van der Waals surface area contributed by atoms with E-state index in [1.165, 1.54) is 0 Å². The number of carbonyl (C=O) groups excluding carboxylic acids is 2. The van der Waals surface area contributed by atoms with Gasteiger partial charge in [-0.25, -0.2) is 0 Å². The molecule has 6 heteroatoms. The SMILES string of the molecule is Cc1ccc(N2C(=O)C[C@@H](C(=O)Nc3cccnc3)[C@H]2c2cccs2)cc1. The Labute approximate surface area is 161 Å². The number of carbonyl (C=O) groups is 2. The Morgan fingerprint density at radius 3 is 2.67 bits per heavy atom. The average molecular weight is 377 g/mol. The zero-order valence-corrected chi connectivity index (χ0v) is 15.6. The van der Waals surface area contributed by atoms with Crippen LogP contribution in [0.25, 0.3) is 0 Å². The third-order valence-corrected chi connectivity index (χ3v) is 5.68. The van der Waals surface area contributed by atoms with Crippen molar-refractivity contribution in [2.45, 2.75) is 19.4 Å². The number of aryl methyl sites for hydroxylation is 1. The Balaban J connectivity index is 1.68. The van der Waals surface area contributed by atoms with E-state index in [2.05, 4.69) is 10.3 Å². The third kappa shape index (κ3) is 3.48. The van der Waals surface area contributed by atoms with E-state index in [4.69, 9.17) is 0 Å². The molecule has 0 spiro atoms. The molecule has 0 saturated carbocycles. The minimum Gasteiger partial charge on any atom is -0.324 e. The highest BCUT2D eigenvalue weighted by atomic mass is 32.1. The van der Waals surface area contributed by atoms with Gasteiger partial charge in [0.05, 0.1) is 23.8 Å². The van der Waals surface area contributed by atoms with Gasteiger partial charge in [0.15, 0.2) is 0 Å². The summed E-state index contributed by atoms with van der Waals surface area (Å²) in [7, 11) is 0. The molecule has 3 aromatic rings. The van der Waals surface area contributed by atoms with Gasteiger partial charge in [-0.15, -0.1) is 11.3 Å². The zero-order valence-electron chi connectivity index (χ0n) is 14.8. The van der Waals surface area contributed by atoms with E-state index in [9.17, 15) is 9.59 Å². The van der Waals surface area contributed by atoms with Crippen molar-refractivity contribution in [2.75, 3.05) is 10.2 Å². The summed E-state index contributed by atoms with van der Waals surface area (Å²) >= 11 is 1.57. The van der Waals surface area contributed by atoms with E-state index in [-0.39, 0.29) is 24.3 Å². The number of hydrogen-bond donors (Lipinski definition) is 1. The van der Waals surface area contributed by atoms with Crippen molar-refractivity contribution < 1.29 is 9.59 Å². The largest absolute Gasteiger partial charge is 0.324 e. The lowest BCUT2D eigenvalue weighted by atomic mass is 9.97. The normalized spacial score (nSPS) is 19.3. The summed E-state index contributed by atoms with van der Waals surface area (Å²) in [5, 5.41) is 4.88. The first-order valence-electron chi connectivity index (χ1n) is 8.76.